The molecule has 106 valence electrons. The third-order valence-corrected chi connectivity index (χ3v) is 3.34. The molecule has 1 heterocycles. The Labute approximate surface area is 121 Å². The molecule has 0 bridgehead atoms. The first-order chi connectivity index (χ1) is 9.69. The molecule has 0 spiro atoms. The normalized spacial score (nSPS) is 10.6. The van der Waals surface area contributed by atoms with E-state index in [0.29, 0.717) is 6.54 Å². The lowest BCUT2D eigenvalue weighted by molar-refractivity contribution is 0.734. The first-order valence-corrected chi connectivity index (χ1v) is 7.11. The topological polar surface area (TPSA) is 42.1 Å². The molecule has 0 amide bonds. The first kappa shape index (κ1) is 14.5. The van der Waals surface area contributed by atoms with Crippen LogP contribution in [0, 0.1) is 13.8 Å². The maximum atomic E-state index is 5.66. The molecule has 0 saturated heterocycles. The third kappa shape index (κ3) is 4.07. The second-order valence-corrected chi connectivity index (χ2v) is 5.27. The third-order valence-electron chi connectivity index (χ3n) is 3.34. The fourth-order valence-electron chi connectivity index (χ4n) is 2.26. The van der Waals surface area contributed by atoms with Crippen LogP contribution < -0.4 is 10.6 Å². The van der Waals surface area contributed by atoms with Gasteiger partial charge >= 0.3 is 0 Å². The monoisotopic (exact) mass is 269 g/mol. The molecule has 0 aliphatic carbocycles. The van der Waals surface area contributed by atoms with Gasteiger partial charge in [-0.2, -0.15) is 0 Å². The molecular weight excluding hydrogens is 246 g/mol. The van der Waals surface area contributed by atoms with Gasteiger partial charge in [-0.3, -0.25) is 4.98 Å². The number of benzene rings is 1. The summed E-state index contributed by atoms with van der Waals surface area (Å²) in [6, 6.07) is 10.8. The van der Waals surface area contributed by atoms with Crippen molar-refractivity contribution in [2.24, 2.45) is 5.73 Å². The van der Waals surface area contributed by atoms with Gasteiger partial charge in [-0.25, -0.2) is 0 Å². The number of pyridine rings is 1. The number of hydrogen-bond acceptors (Lipinski definition) is 3. The van der Waals surface area contributed by atoms with Crippen molar-refractivity contribution in [3.8, 4) is 0 Å². The molecule has 2 aromatic rings. The molecule has 3 heteroatoms. The van der Waals surface area contributed by atoms with Crippen molar-refractivity contribution < 1.29 is 0 Å². The summed E-state index contributed by atoms with van der Waals surface area (Å²) >= 11 is 0. The fraction of sp³-hybridized carbons (Fsp3) is 0.353. The lowest BCUT2D eigenvalue weighted by atomic mass is 10.1. The van der Waals surface area contributed by atoms with Crippen molar-refractivity contribution in [1.82, 2.24) is 4.98 Å². The largest absolute Gasteiger partial charge is 0.367 e. The number of aryl methyl sites for hydroxylation is 2. The molecule has 0 unspecified atom stereocenters. The van der Waals surface area contributed by atoms with Crippen LogP contribution in [0.1, 0.15) is 23.1 Å². The van der Waals surface area contributed by atoms with Crippen LogP contribution in [0.25, 0.3) is 0 Å². The Bertz CT molecular complexity index is 534. The average Bonchev–Trinajstić information content (AvgIpc) is 2.44. The van der Waals surface area contributed by atoms with Gasteiger partial charge in [0.25, 0.3) is 0 Å². The lowest BCUT2D eigenvalue weighted by Gasteiger charge is -2.25. The smallest absolute Gasteiger partial charge is 0.0444 e. The summed E-state index contributed by atoms with van der Waals surface area (Å²) in [7, 11) is 0. The van der Waals surface area contributed by atoms with Crippen molar-refractivity contribution in [3.05, 3.63) is 59.4 Å². The Kier molecular flexibility index (Phi) is 5.13. The zero-order chi connectivity index (χ0) is 14.4. The van der Waals surface area contributed by atoms with E-state index in [2.05, 4.69) is 54.1 Å². The van der Waals surface area contributed by atoms with Crippen LogP contribution in [0.15, 0.2) is 42.7 Å². The number of anilines is 1. The molecule has 0 atom stereocenters. The van der Waals surface area contributed by atoms with Crippen molar-refractivity contribution >= 4 is 5.69 Å². The molecule has 0 radical (unpaired) electrons. The molecule has 20 heavy (non-hydrogen) atoms. The summed E-state index contributed by atoms with van der Waals surface area (Å²) in [5.41, 5.74) is 10.6. The van der Waals surface area contributed by atoms with Gasteiger partial charge in [-0.15, -0.1) is 0 Å². The zero-order valence-electron chi connectivity index (χ0n) is 12.3. The van der Waals surface area contributed by atoms with Gasteiger partial charge in [0.05, 0.1) is 0 Å². The van der Waals surface area contributed by atoms with Gasteiger partial charge < -0.3 is 10.6 Å². The second-order valence-electron chi connectivity index (χ2n) is 5.27. The molecule has 0 aliphatic rings. The highest BCUT2D eigenvalue weighted by atomic mass is 15.1. The molecule has 0 saturated carbocycles. The SMILES string of the molecule is Cc1ccc(N(CCCN)Cc2cncc(C)c2)cc1. The van der Waals surface area contributed by atoms with Crippen molar-refractivity contribution in [3.63, 3.8) is 0 Å². The minimum Gasteiger partial charge on any atom is -0.367 e. The maximum Gasteiger partial charge on any atom is 0.0444 e. The Morgan fingerprint density at radius 3 is 2.45 bits per heavy atom. The Morgan fingerprint density at radius 1 is 1.05 bits per heavy atom. The van der Waals surface area contributed by atoms with Crippen LogP contribution >= 0.6 is 0 Å². The number of nitrogens with zero attached hydrogens (tertiary/aromatic N) is 2. The highest BCUT2D eigenvalue weighted by Gasteiger charge is 2.07. The molecular formula is C17H23N3. The summed E-state index contributed by atoms with van der Waals surface area (Å²) in [6.07, 6.45) is 4.82. The van der Waals surface area contributed by atoms with E-state index >= 15 is 0 Å². The quantitative estimate of drug-likeness (QED) is 0.876. The van der Waals surface area contributed by atoms with E-state index in [1.54, 1.807) is 0 Å². The summed E-state index contributed by atoms with van der Waals surface area (Å²) < 4.78 is 0. The number of hydrogen-bond donors (Lipinski definition) is 1. The van der Waals surface area contributed by atoms with E-state index in [0.717, 1.165) is 19.5 Å². The number of aromatic nitrogens is 1. The van der Waals surface area contributed by atoms with Crippen LogP contribution in [0.4, 0.5) is 5.69 Å². The van der Waals surface area contributed by atoms with E-state index in [4.69, 9.17) is 5.73 Å². The second kappa shape index (κ2) is 7.06. The van der Waals surface area contributed by atoms with Gasteiger partial charge in [0.15, 0.2) is 0 Å². The van der Waals surface area contributed by atoms with Crippen molar-refractivity contribution in [2.45, 2.75) is 26.8 Å². The summed E-state index contributed by atoms with van der Waals surface area (Å²) in [5, 5.41) is 0. The molecule has 1 aromatic carbocycles. The van der Waals surface area contributed by atoms with E-state index < -0.39 is 0 Å². The molecule has 0 fully saturated rings. The first-order valence-electron chi connectivity index (χ1n) is 7.11. The predicted molar refractivity (Wildman–Crippen MR) is 84.9 cm³/mol. The van der Waals surface area contributed by atoms with Crippen molar-refractivity contribution in [2.75, 3.05) is 18.0 Å². The Morgan fingerprint density at radius 2 is 1.80 bits per heavy atom. The Balaban J connectivity index is 2.16. The summed E-state index contributed by atoms with van der Waals surface area (Å²) in [6.45, 7) is 6.74. The molecule has 2 rings (SSSR count). The van der Waals surface area contributed by atoms with E-state index in [9.17, 15) is 0 Å². The van der Waals surface area contributed by atoms with Gasteiger partial charge in [-0.05, 0) is 50.1 Å². The fourth-order valence-corrected chi connectivity index (χ4v) is 2.26. The average molecular weight is 269 g/mol. The van der Waals surface area contributed by atoms with Gasteiger partial charge in [0, 0.05) is 31.2 Å². The maximum absolute atomic E-state index is 5.66. The van der Waals surface area contributed by atoms with E-state index in [1.165, 1.54) is 22.4 Å². The number of rotatable bonds is 6. The van der Waals surface area contributed by atoms with Crippen LogP contribution in [-0.2, 0) is 6.54 Å². The van der Waals surface area contributed by atoms with Crippen LogP contribution in [-0.4, -0.2) is 18.1 Å². The zero-order valence-corrected chi connectivity index (χ0v) is 12.3. The van der Waals surface area contributed by atoms with Gasteiger partial charge in [0.1, 0.15) is 0 Å². The predicted octanol–water partition coefficient (Wildman–Crippen LogP) is 3.05. The molecule has 0 aliphatic heterocycles. The van der Waals surface area contributed by atoms with Crippen LogP contribution in [0.5, 0.6) is 0 Å². The summed E-state index contributed by atoms with van der Waals surface area (Å²) in [5.74, 6) is 0. The minimum absolute atomic E-state index is 0.717. The van der Waals surface area contributed by atoms with Crippen molar-refractivity contribution in [1.29, 1.82) is 0 Å². The van der Waals surface area contributed by atoms with Gasteiger partial charge in [0.2, 0.25) is 0 Å². The molecule has 1 aromatic heterocycles. The van der Waals surface area contributed by atoms with Crippen LogP contribution in [0.3, 0.4) is 0 Å². The number of nitrogens with two attached hydrogens (primary N) is 1. The lowest BCUT2D eigenvalue weighted by Crippen LogP contribution is -2.25. The highest BCUT2D eigenvalue weighted by Crippen LogP contribution is 2.18. The standard InChI is InChI=1S/C17H23N3/c1-14-4-6-17(7-5-14)20(9-3-8-18)13-16-10-15(2)11-19-12-16/h4-7,10-12H,3,8-9,13,18H2,1-2H3. The molecule has 3 nitrogen and oxygen atoms in total. The van der Waals surface area contributed by atoms with Crippen LogP contribution in [0.2, 0.25) is 0 Å². The van der Waals surface area contributed by atoms with E-state index in [1.807, 2.05) is 12.4 Å². The summed E-state index contributed by atoms with van der Waals surface area (Å²) in [4.78, 5) is 6.64. The molecule has 2 N–H and O–H groups in total. The highest BCUT2D eigenvalue weighted by molar-refractivity contribution is 5.48. The van der Waals surface area contributed by atoms with Gasteiger partial charge in [-0.1, -0.05) is 23.8 Å². The minimum atomic E-state index is 0.717. The van der Waals surface area contributed by atoms with E-state index in [-0.39, 0.29) is 0 Å². The Hall–Kier alpha value is -1.87.